The van der Waals surface area contributed by atoms with Gasteiger partial charge in [-0.05, 0) is 104 Å². The molecule has 4 saturated carbocycles. The molecule has 0 radical (unpaired) electrons. The first-order valence-corrected chi connectivity index (χ1v) is 16.9. The highest BCUT2D eigenvalue weighted by Gasteiger charge is 2.71. The van der Waals surface area contributed by atoms with Crippen LogP contribution in [-0.4, -0.2) is 74.4 Å². The van der Waals surface area contributed by atoms with E-state index in [0.717, 1.165) is 44.9 Å². The van der Waals surface area contributed by atoms with Gasteiger partial charge >= 0.3 is 5.97 Å². The maximum Gasteiger partial charge on any atom is 0.310 e. The van der Waals surface area contributed by atoms with Crippen LogP contribution in [0.2, 0.25) is 0 Å². The second kappa shape index (κ2) is 9.98. The minimum absolute atomic E-state index is 0.0313. The van der Waals surface area contributed by atoms with E-state index in [9.17, 15) is 30.3 Å². The summed E-state index contributed by atoms with van der Waals surface area (Å²) in [5.74, 6) is -0.306. The summed E-state index contributed by atoms with van der Waals surface area (Å²) in [5, 5.41) is 53.4. The van der Waals surface area contributed by atoms with Gasteiger partial charge in [0.2, 0.25) is 0 Å². The molecule has 0 aromatic carbocycles. The smallest absolute Gasteiger partial charge is 0.310 e. The number of carboxylic acids is 1. The molecule has 5 aliphatic carbocycles. The van der Waals surface area contributed by atoms with Gasteiger partial charge in [-0.2, -0.15) is 0 Å². The molecule has 1 aliphatic heterocycles. The lowest BCUT2D eigenvalue weighted by molar-refractivity contribution is -0.308. The molecule has 5 fully saturated rings. The van der Waals surface area contributed by atoms with Crippen molar-refractivity contribution in [2.75, 3.05) is 6.61 Å². The first kappa shape index (κ1) is 31.9. The van der Waals surface area contributed by atoms with Gasteiger partial charge in [0.1, 0.15) is 18.3 Å². The van der Waals surface area contributed by atoms with Crippen molar-refractivity contribution in [3.05, 3.63) is 11.6 Å². The monoisotopic (exact) mass is 604 g/mol. The van der Waals surface area contributed by atoms with Crippen molar-refractivity contribution >= 4 is 5.97 Å². The molecule has 0 bridgehead atoms. The molecule has 14 atom stereocenters. The number of fused-ring (bicyclic) bond motifs is 7. The van der Waals surface area contributed by atoms with E-state index in [-0.39, 0.29) is 46.2 Å². The van der Waals surface area contributed by atoms with Gasteiger partial charge < -0.3 is 35.0 Å². The van der Waals surface area contributed by atoms with Gasteiger partial charge in [-0.3, -0.25) is 4.79 Å². The van der Waals surface area contributed by atoms with Crippen LogP contribution in [0.15, 0.2) is 11.6 Å². The Labute approximate surface area is 257 Å². The highest BCUT2D eigenvalue weighted by molar-refractivity contribution is 5.77. The second-order valence-electron chi connectivity index (χ2n) is 17.1. The molecule has 0 aromatic heterocycles. The topological polar surface area (TPSA) is 137 Å². The van der Waals surface area contributed by atoms with Crippen LogP contribution in [0.4, 0.5) is 0 Å². The maximum absolute atomic E-state index is 13.0. The second-order valence-corrected chi connectivity index (χ2v) is 17.1. The number of hydrogen-bond donors (Lipinski definition) is 5. The fourth-order valence-electron chi connectivity index (χ4n) is 12.1. The number of carboxylic acid groups (broad SMARTS) is 1. The summed E-state index contributed by atoms with van der Waals surface area (Å²) in [7, 11) is 0. The van der Waals surface area contributed by atoms with E-state index in [1.165, 1.54) is 5.57 Å². The van der Waals surface area contributed by atoms with E-state index >= 15 is 0 Å². The molecule has 244 valence electrons. The SMILES string of the molecule is CC1CC[C@]2(C(=O)O)CCC3(C)C(=CCC4[C@@]5(C)CC[C@H](O[C@@H]6OC[C@@H](O)[C@H](O)[C@H]6O)C(C)(C)C5CC[C@]43C)[C@@H]2[C@]1(C)O. The van der Waals surface area contributed by atoms with Gasteiger partial charge in [0.15, 0.2) is 6.29 Å². The number of allylic oxidation sites excluding steroid dienone is 1. The first-order chi connectivity index (χ1) is 19.9. The molecule has 4 unspecified atom stereocenters. The van der Waals surface area contributed by atoms with Crippen molar-refractivity contribution in [3.63, 3.8) is 0 Å². The minimum Gasteiger partial charge on any atom is -0.481 e. The van der Waals surface area contributed by atoms with Crippen LogP contribution in [0, 0.1) is 50.7 Å². The number of aliphatic carboxylic acids is 1. The van der Waals surface area contributed by atoms with Crippen LogP contribution in [0.1, 0.15) is 106 Å². The molecule has 43 heavy (non-hydrogen) atoms. The molecule has 5 N–H and O–H groups in total. The van der Waals surface area contributed by atoms with Crippen molar-refractivity contribution < 1.29 is 39.8 Å². The molecular formula is C35H56O8. The van der Waals surface area contributed by atoms with E-state index in [2.05, 4.69) is 47.6 Å². The third-order valence-corrected chi connectivity index (χ3v) is 15.2. The van der Waals surface area contributed by atoms with Crippen LogP contribution in [0.25, 0.3) is 0 Å². The van der Waals surface area contributed by atoms with E-state index in [1.54, 1.807) is 0 Å². The van der Waals surface area contributed by atoms with E-state index in [0.29, 0.717) is 24.7 Å². The lowest BCUT2D eigenvalue weighted by atomic mass is 9.33. The average molecular weight is 605 g/mol. The summed E-state index contributed by atoms with van der Waals surface area (Å²) in [6, 6.07) is 0. The first-order valence-electron chi connectivity index (χ1n) is 16.9. The molecule has 6 rings (SSSR count). The summed E-state index contributed by atoms with van der Waals surface area (Å²) >= 11 is 0. The Bertz CT molecular complexity index is 1160. The number of aliphatic hydroxyl groups is 4. The summed E-state index contributed by atoms with van der Waals surface area (Å²) in [6.45, 7) is 15.8. The number of hydrogen-bond acceptors (Lipinski definition) is 7. The zero-order valence-electron chi connectivity index (χ0n) is 27.3. The van der Waals surface area contributed by atoms with Gasteiger partial charge in [0.05, 0.1) is 23.7 Å². The number of rotatable bonds is 3. The molecular weight excluding hydrogens is 548 g/mol. The van der Waals surface area contributed by atoms with E-state index in [1.807, 2.05) is 6.92 Å². The largest absolute Gasteiger partial charge is 0.481 e. The van der Waals surface area contributed by atoms with Crippen LogP contribution in [-0.2, 0) is 14.3 Å². The molecule has 0 amide bonds. The van der Waals surface area contributed by atoms with Crippen LogP contribution in [0.5, 0.6) is 0 Å². The normalized spacial score (nSPS) is 56.1. The third kappa shape index (κ3) is 4.11. The molecule has 8 nitrogen and oxygen atoms in total. The average Bonchev–Trinajstić information content (AvgIpc) is 2.92. The molecule has 6 aliphatic rings. The summed E-state index contributed by atoms with van der Waals surface area (Å²) in [6.07, 6.45) is 5.06. The van der Waals surface area contributed by atoms with E-state index < -0.39 is 41.6 Å². The molecule has 0 spiro atoms. The Balaban J connectivity index is 1.33. The van der Waals surface area contributed by atoms with Gasteiger partial charge in [0, 0.05) is 5.92 Å². The highest BCUT2D eigenvalue weighted by atomic mass is 16.7. The minimum atomic E-state index is -1.30. The number of ether oxygens (including phenoxy) is 2. The Morgan fingerprint density at radius 1 is 0.907 bits per heavy atom. The number of carbonyl (C=O) groups is 1. The van der Waals surface area contributed by atoms with Crippen molar-refractivity contribution in [1.82, 2.24) is 0 Å². The predicted octanol–water partition coefficient (Wildman–Crippen LogP) is 4.67. The standard InChI is InChI=1S/C35H56O8/c1-19-10-15-35(29(39)40)17-16-32(5)20(27(35)34(19,7)41)8-9-23-31(4)13-12-24(30(2,3)22(31)11-14-33(23,32)6)43-28-26(38)25(37)21(36)18-42-28/h8,19,21-28,36-38,41H,9-18H2,1-7H3,(H,39,40)/t19?,21-,22?,23?,24+,25+,26-,27-,28+,31+,32?,33-,34-,35+/m1/s1. The Morgan fingerprint density at radius 2 is 1.60 bits per heavy atom. The van der Waals surface area contributed by atoms with Crippen molar-refractivity contribution in [2.24, 2.45) is 50.7 Å². The third-order valence-electron chi connectivity index (χ3n) is 15.2. The summed E-state index contributed by atoms with van der Waals surface area (Å²) in [5.41, 5.74) is -1.16. The van der Waals surface area contributed by atoms with Crippen molar-refractivity contribution in [2.45, 2.75) is 143 Å². The van der Waals surface area contributed by atoms with Crippen LogP contribution >= 0.6 is 0 Å². The van der Waals surface area contributed by atoms with Gasteiger partial charge in [-0.25, -0.2) is 0 Å². The molecule has 1 heterocycles. The summed E-state index contributed by atoms with van der Waals surface area (Å²) in [4.78, 5) is 13.0. The van der Waals surface area contributed by atoms with Gasteiger partial charge in [-0.1, -0.05) is 53.2 Å². The molecule has 8 heteroatoms. The maximum atomic E-state index is 13.0. The van der Waals surface area contributed by atoms with Crippen molar-refractivity contribution in [1.29, 1.82) is 0 Å². The van der Waals surface area contributed by atoms with Crippen LogP contribution in [0.3, 0.4) is 0 Å². The van der Waals surface area contributed by atoms with Gasteiger partial charge in [0.25, 0.3) is 0 Å². The zero-order valence-corrected chi connectivity index (χ0v) is 27.3. The number of aliphatic hydroxyl groups excluding tert-OH is 3. The lowest BCUT2D eigenvalue weighted by Gasteiger charge is -2.72. The molecule has 0 aromatic rings. The van der Waals surface area contributed by atoms with Gasteiger partial charge in [-0.15, -0.1) is 0 Å². The summed E-state index contributed by atoms with van der Waals surface area (Å²) < 4.78 is 12.1. The fourth-order valence-corrected chi connectivity index (χ4v) is 12.1. The fraction of sp³-hybridized carbons (Fsp3) is 0.914. The highest BCUT2D eigenvalue weighted by Crippen LogP contribution is 2.76. The van der Waals surface area contributed by atoms with E-state index in [4.69, 9.17) is 9.47 Å². The Kier molecular flexibility index (Phi) is 7.41. The van der Waals surface area contributed by atoms with Crippen LogP contribution < -0.4 is 0 Å². The lowest BCUT2D eigenvalue weighted by Crippen LogP contribution is -2.68. The van der Waals surface area contributed by atoms with Crippen molar-refractivity contribution in [3.8, 4) is 0 Å². The zero-order chi connectivity index (χ0) is 31.5. The quantitative estimate of drug-likeness (QED) is 0.232. The molecule has 1 saturated heterocycles. The Morgan fingerprint density at radius 3 is 2.28 bits per heavy atom. The predicted molar refractivity (Wildman–Crippen MR) is 161 cm³/mol. The Hall–Kier alpha value is -1.03.